The van der Waals surface area contributed by atoms with Gasteiger partial charge >= 0.3 is 0 Å². The summed E-state index contributed by atoms with van der Waals surface area (Å²) in [6.07, 6.45) is 6.38. The quantitative estimate of drug-likeness (QED) is 0.394. The Kier molecular flexibility index (Phi) is 6.21. The van der Waals surface area contributed by atoms with Crippen LogP contribution in [0, 0.1) is 0 Å². The molecule has 0 aliphatic heterocycles. The topological polar surface area (TPSA) is 83.4 Å². The van der Waals surface area contributed by atoms with Crippen LogP contribution in [0.3, 0.4) is 0 Å². The van der Waals surface area contributed by atoms with Gasteiger partial charge in [0.2, 0.25) is 0 Å². The number of nitrogens with zero attached hydrogens (tertiary/aromatic N) is 2. The fraction of sp³-hybridized carbons (Fsp3) is 0. The van der Waals surface area contributed by atoms with Crippen molar-refractivity contribution in [3.63, 3.8) is 0 Å². The normalized spacial score (nSPS) is 11.3. The molecular formula is C20H16N4O2S. The van der Waals surface area contributed by atoms with E-state index in [0.29, 0.717) is 5.56 Å². The van der Waals surface area contributed by atoms with Crippen LogP contribution in [0.15, 0.2) is 83.2 Å². The van der Waals surface area contributed by atoms with Gasteiger partial charge in [0.1, 0.15) is 5.70 Å². The summed E-state index contributed by atoms with van der Waals surface area (Å²) in [6, 6.07) is 15.9. The lowest BCUT2D eigenvalue weighted by Gasteiger charge is -2.08. The maximum atomic E-state index is 12.5. The molecule has 0 unspecified atom stereocenters. The molecule has 2 aromatic heterocycles. The van der Waals surface area contributed by atoms with E-state index in [2.05, 4.69) is 20.8 Å². The van der Waals surface area contributed by atoms with Crippen LogP contribution in [0.2, 0.25) is 0 Å². The summed E-state index contributed by atoms with van der Waals surface area (Å²) < 4.78 is 0. The van der Waals surface area contributed by atoms with Gasteiger partial charge in [-0.05, 0) is 47.4 Å². The molecule has 3 aromatic rings. The first kappa shape index (κ1) is 18.2. The Morgan fingerprint density at radius 1 is 1.00 bits per heavy atom. The Balaban J connectivity index is 1.74. The number of rotatable bonds is 6. The van der Waals surface area contributed by atoms with Gasteiger partial charge in [-0.15, -0.1) is 11.3 Å². The number of carbonyl (C=O) groups excluding carboxylic acids is 2. The molecule has 6 nitrogen and oxygen atoms in total. The first-order chi connectivity index (χ1) is 13.2. The average molecular weight is 376 g/mol. The third-order valence-electron chi connectivity index (χ3n) is 3.44. The van der Waals surface area contributed by atoms with Crippen LogP contribution < -0.4 is 10.7 Å². The van der Waals surface area contributed by atoms with Crippen LogP contribution in [-0.2, 0) is 4.79 Å². The van der Waals surface area contributed by atoms with Crippen molar-refractivity contribution in [2.45, 2.75) is 0 Å². The average Bonchev–Trinajstić information content (AvgIpc) is 3.22. The third-order valence-corrected chi connectivity index (χ3v) is 4.26. The Morgan fingerprint density at radius 2 is 1.78 bits per heavy atom. The van der Waals surface area contributed by atoms with Gasteiger partial charge < -0.3 is 5.32 Å². The van der Waals surface area contributed by atoms with E-state index in [1.54, 1.807) is 54.9 Å². The number of hydrogen-bond donors (Lipinski definition) is 2. The first-order valence-electron chi connectivity index (χ1n) is 8.07. The molecule has 27 heavy (non-hydrogen) atoms. The minimum atomic E-state index is -0.516. The summed E-state index contributed by atoms with van der Waals surface area (Å²) in [5.74, 6) is -0.885. The third kappa shape index (κ3) is 5.45. The summed E-state index contributed by atoms with van der Waals surface area (Å²) in [6.45, 7) is 0. The van der Waals surface area contributed by atoms with Crippen LogP contribution in [0.25, 0.3) is 6.08 Å². The molecule has 0 radical (unpaired) electrons. The summed E-state index contributed by atoms with van der Waals surface area (Å²) >= 11 is 1.46. The SMILES string of the molecule is O=C(N/N=C/c1ccncc1)/C(=C\c1cccs1)NC(=O)c1ccccc1. The van der Waals surface area contributed by atoms with E-state index in [4.69, 9.17) is 0 Å². The Hall–Kier alpha value is -3.58. The Labute approximate surface area is 160 Å². The number of nitrogens with one attached hydrogen (secondary N) is 2. The van der Waals surface area contributed by atoms with Gasteiger partial charge in [-0.1, -0.05) is 24.3 Å². The maximum absolute atomic E-state index is 12.5. The monoisotopic (exact) mass is 376 g/mol. The summed E-state index contributed by atoms with van der Waals surface area (Å²) in [4.78, 5) is 29.7. The van der Waals surface area contributed by atoms with Gasteiger partial charge in [0.15, 0.2) is 0 Å². The second kappa shape index (κ2) is 9.21. The highest BCUT2D eigenvalue weighted by molar-refractivity contribution is 7.10. The largest absolute Gasteiger partial charge is 0.317 e. The second-order valence-electron chi connectivity index (χ2n) is 5.37. The van der Waals surface area contributed by atoms with E-state index in [1.165, 1.54) is 17.6 Å². The fourth-order valence-electron chi connectivity index (χ4n) is 2.13. The molecule has 3 rings (SSSR count). The smallest absolute Gasteiger partial charge is 0.287 e. The van der Waals surface area contributed by atoms with E-state index in [-0.39, 0.29) is 11.6 Å². The van der Waals surface area contributed by atoms with Gasteiger partial charge in [-0.25, -0.2) is 5.43 Å². The molecule has 0 bridgehead atoms. The van der Waals surface area contributed by atoms with E-state index in [1.807, 2.05) is 23.6 Å². The highest BCUT2D eigenvalue weighted by Crippen LogP contribution is 2.13. The summed E-state index contributed by atoms with van der Waals surface area (Å²) in [5, 5.41) is 8.47. The molecule has 2 N–H and O–H groups in total. The number of hydrogen-bond acceptors (Lipinski definition) is 5. The molecular weight excluding hydrogens is 360 g/mol. The van der Waals surface area contributed by atoms with Crippen molar-refractivity contribution in [1.82, 2.24) is 15.7 Å². The fourth-order valence-corrected chi connectivity index (χ4v) is 2.79. The highest BCUT2D eigenvalue weighted by Gasteiger charge is 2.14. The molecule has 1 aromatic carbocycles. The molecule has 0 aliphatic carbocycles. The lowest BCUT2D eigenvalue weighted by Crippen LogP contribution is -2.32. The van der Waals surface area contributed by atoms with E-state index in [9.17, 15) is 9.59 Å². The van der Waals surface area contributed by atoms with Crippen molar-refractivity contribution in [1.29, 1.82) is 0 Å². The molecule has 0 spiro atoms. The number of carbonyl (C=O) groups is 2. The number of benzene rings is 1. The number of amides is 2. The first-order valence-corrected chi connectivity index (χ1v) is 8.95. The Morgan fingerprint density at radius 3 is 2.48 bits per heavy atom. The molecule has 134 valence electrons. The zero-order chi connectivity index (χ0) is 18.9. The van der Waals surface area contributed by atoms with Crippen LogP contribution in [0.1, 0.15) is 20.8 Å². The molecule has 2 amide bonds. The van der Waals surface area contributed by atoms with Crippen LogP contribution in [0.5, 0.6) is 0 Å². The summed E-state index contributed by atoms with van der Waals surface area (Å²) in [5.41, 5.74) is 3.80. The number of aromatic nitrogens is 1. The minimum absolute atomic E-state index is 0.109. The van der Waals surface area contributed by atoms with Gasteiger partial charge in [0, 0.05) is 22.8 Å². The number of thiophene rings is 1. The minimum Gasteiger partial charge on any atom is -0.317 e. The van der Waals surface area contributed by atoms with Crippen molar-refractivity contribution < 1.29 is 9.59 Å². The zero-order valence-electron chi connectivity index (χ0n) is 14.2. The van der Waals surface area contributed by atoms with Crippen molar-refractivity contribution in [2.75, 3.05) is 0 Å². The van der Waals surface area contributed by atoms with Crippen molar-refractivity contribution in [2.24, 2.45) is 5.10 Å². The predicted octanol–water partition coefficient (Wildman–Crippen LogP) is 3.06. The van der Waals surface area contributed by atoms with E-state index < -0.39 is 5.91 Å². The maximum Gasteiger partial charge on any atom is 0.287 e. The molecule has 0 saturated heterocycles. The lowest BCUT2D eigenvalue weighted by molar-refractivity contribution is -0.117. The predicted molar refractivity (Wildman–Crippen MR) is 106 cm³/mol. The van der Waals surface area contributed by atoms with Crippen LogP contribution in [0.4, 0.5) is 0 Å². The van der Waals surface area contributed by atoms with Gasteiger partial charge in [-0.3, -0.25) is 14.6 Å². The van der Waals surface area contributed by atoms with E-state index in [0.717, 1.165) is 10.4 Å². The van der Waals surface area contributed by atoms with Gasteiger partial charge in [0.25, 0.3) is 11.8 Å². The molecule has 0 atom stereocenters. The van der Waals surface area contributed by atoms with Crippen molar-refractivity contribution in [3.8, 4) is 0 Å². The van der Waals surface area contributed by atoms with Gasteiger partial charge in [-0.2, -0.15) is 5.10 Å². The number of hydrazone groups is 1. The van der Waals surface area contributed by atoms with Crippen LogP contribution in [-0.4, -0.2) is 23.0 Å². The molecule has 7 heteroatoms. The van der Waals surface area contributed by atoms with E-state index >= 15 is 0 Å². The molecule has 0 fully saturated rings. The zero-order valence-corrected chi connectivity index (χ0v) is 15.0. The molecule has 0 aliphatic rings. The number of pyridine rings is 1. The lowest BCUT2D eigenvalue weighted by atomic mass is 10.2. The molecule has 2 heterocycles. The van der Waals surface area contributed by atoms with Crippen molar-refractivity contribution >= 4 is 35.4 Å². The van der Waals surface area contributed by atoms with Gasteiger partial charge in [0.05, 0.1) is 6.21 Å². The standard InChI is InChI=1S/C20H16N4O2S/c25-19(16-5-2-1-3-6-16)23-18(13-17-7-4-12-27-17)20(26)24-22-14-15-8-10-21-11-9-15/h1-14H,(H,23,25)(H,24,26)/b18-13+,22-14+. The van der Waals surface area contributed by atoms with Crippen LogP contribution >= 0.6 is 11.3 Å². The summed E-state index contributed by atoms with van der Waals surface area (Å²) in [7, 11) is 0. The van der Waals surface area contributed by atoms with Crippen molar-refractivity contribution in [3.05, 3.63) is 94.1 Å². The Bertz CT molecular complexity index is 952. The molecule has 0 saturated carbocycles. The second-order valence-corrected chi connectivity index (χ2v) is 6.35. The highest BCUT2D eigenvalue weighted by atomic mass is 32.1.